The number of hydrogen-bond acceptors (Lipinski definition) is 6. The van der Waals surface area contributed by atoms with Gasteiger partial charge in [-0.2, -0.15) is 0 Å². The maximum Gasteiger partial charge on any atom is 0.224 e. The van der Waals surface area contributed by atoms with Gasteiger partial charge in [0.25, 0.3) is 0 Å². The molecule has 7 heteroatoms. The van der Waals surface area contributed by atoms with Gasteiger partial charge in [0, 0.05) is 18.2 Å². The Bertz CT molecular complexity index is 967. The summed E-state index contributed by atoms with van der Waals surface area (Å²) in [6, 6.07) is 11.8. The number of carbonyl (C=O) groups excluding carboxylic acids is 1. The molecule has 1 amide bonds. The Hall–Kier alpha value is -2.61. The van der Waals surface area contributed by atoms with Crippen LogP contribution in [0.25, 0.3) is 0 Å². The number of amides is 1. The van der Waals surface area contributed by atoms with E-state index >= 15 is 0 Å². The Labute approximate surface area is 214 Å². The molecule has 2 aromatic carbocycles. The third kappa shape index (κ3) is 9.12. The fourth-order valence-electron chi connectivity index (χ4n) is 5.19. The van der Waals surface area contributed by atoms with E-state index in [1.807, 2.05) is 38.1 Å². The van der Waals surface area contributed by atoms with Crippen molar-refractivity contribution in [2.45, 2.75) is 82.9 Å². The Morgan fingerprint density at radius 2 is 1.69 bits per heavy atom. The third-order valence-electron chi connectivity index (χ3n) is 7.01. The predicted octanol–water partition coefficient (Wildman–Crippen LogP) is 3.73. The molecule has 0 aliphatic heterocycles. The van der Waals surface area contributed by atoms with Gasteiger partial charge in [0.15, 0.2) is 0 Å². The molecule has 3 rings (SSSR count). The second kappa shape index (κ2) is 13.1. The normalized spacial score (nSPS) is 16.4. The van der Waals surface area contributed by atoms with E-state index in [4.69, 9.17) is 0 Å². The average Bonchev–Trinajstić information content (AvgIpc) is 2.82. The number of nitrogens with one attached hydrogen (secondary N) is 2. The first-order valence-corrected chi connectivity index (χ1v) is 13.1. The summed E-state index contributed by atoms with van der Waals surface area (Å²) in [5.74, 6) is 0.329. The molecule has 1 fully saturated rings. The monoisotopic (exact) mass is 498 g/mol. The Balaban J connectivity index is 1.51. The van der Waals surface area contributed by atoms with Gasteiger partial charge in [-0.15, -0.1) is 0 Å². The molecular formula is C29H42N2O5. The van der Waals surface area contributed by atoms with Gasteiger partial charge in [-0.1, -0.05) is 56.4 Å². The highest BCUT2D eigenvalue weighted by Gasteiger charge is 2.22. The zero-order chi connectivity index (χ0) is 26.1. The van der Waals surface area contributed by atoms with Gasteiger partial charge in [-0.05, 0) is 61.4 Å². The molecule has 1 saturated carbocycles. The Kier molecular flexibility index (Phi) is 10.2. The van der Waals surface area contributed by atoms with Crippen LogP contribution in [0.4, 0.5) is 0 Å². The molecule has 0 bridgehead atoms. The average molecular weight is 499 g/mol. The Morgan fingerprint density at radius 1 is 1.03 bits per heavy atom. The van der Waals surface area contributed by atoms with Gasteiger partial charge >= 0.3 is 0 Å². The molecular weight excluding hydrogens is 456 g/mol. The maximum atomic E-state index is 12.7. The van der Waals surface area contributed by atoms with Gasteiger partial charge in [-0.25, -0.2) is 0 Å². The molecule has 2 atom stereocenters. The molecule has 2 aromatic rings. The molecule has 0 spiro atoms. The first-order valence-electron chi connectivity index (χ1n) is 13.1. The molecule has 1 unspecified atom stereocenters. The summed E-state index contributed by atoms with van der Waals surface area (Å²) in [7, 11) is 0. The summed E-state index contributed by atoms with van der Waals surface area (Å²) in [4.78, 5) is 12.7. The van der Waals surface area contributed by atoms with E-state index in [-0.39, 0.29) is 48.6 Å². The van der Waals surface area contributed by atoms with E-state index in [9.17, 15) is 25.2 Å². The van der Waals surface area contributed by atoms with Crippen LogP contribution in [0.1, 0.15) is 75.2 Å². The lowest BCUT2D eigenvalue weighted by molar-refractivity contribution is -0.121. The van der Waals surface area contributed by atoms with Gasteiger partial charge in [0.05, 0.1) is 25.2 Å². The highest BCUT2D eigenvalue weighted by Crippen LogP contribution is 2.27. The summed E-state index contributed by atoms with van der Waals surface area (Å²) in [5, 5.41) is 46.0. The fraction of sp³-hybridized carbons (Fsp3) is 0.552. The van der Waals surface area contributed by atoms with Crippen molar-refractivity contribution in [1.82, 2.24) is 10.6 Å². The largest absolute Gasteiger partial charge is 0.508 e. The smallest absolute Gasteiger partial charge is 0.224 e. The number of carbonyl (C=O) groups is 1. The van der Waals surface area contributed by atoms with Crippen molar-refractivity contribution in [3.05, 3.63) is 59.2 Å². The summed E-state index contributed by atoms with van der Waals surface area (Å²) in [6.07, 6.45) is 7.06. The summed E-state index contributed by atoms with van der Waals surface area (Å²) >= 11 is 0. The molecule has 0 saturated heterocycles. The highest BCUT2D eigenvalue weighted by molar-refractivity contribution is 5.78. The van der Waals surface area contributed by atoms with Crippen molar-refractivity contribution in [1.29, 1.82) is 0 Å². The van der Waals surface area contributed by atoms with Crippen LogP contribution in [0.3, 0.4) is 0 Å². The van der Waals surface area contributed by atoms with Gasteiger partial charge in [0.1, 0.15) is 11.5 Å². The van der Waals surface area contributed by atoms with Crippen LogP contribution < -0.4 is 10.6 Å². The summed E-state index contributed by atoms with van der Waals surface area (Å²) < 4.78 is 0. The van der Waals surface area contributed by atoms with Crippen LogP contribution in [0, 0.1) is 5.92 Å². The van der Waals surface area contributed by atoms with Gasteiger partial charge < -0.3 is 31.1 Å². The number of phenolic OH excluding ortho intramolecular Hbond substituents is 2. The van der Waals surface area contributed by atoms with Crippen molar-refractivity contribution in [3.63, 3.8) is 0 Å². The van der Waals surface area contributed by atoms with Crippen LogP contribution in [0.2, 0.25) is 0 Å². The predicted molar refractivity (Wildman–Crippen MR) is 141 cm³/mol. The van der Waals surface area contributed by atoms with E-state index in [2.05, 4.69) is 10.6 Å². The number of β-amino-alcohol motifs (C(OH)–C–C–N with tert-alkyl or cyclic N) is 1. The number of aliphatic hydroxyl groups is 2. The van der Waals surface area contributed by atoms with Crippen LogP contribution in [-0.2, 0) is 17.6 Å². The number of phenols is 2. The van der Waals surface area contributed by atoms with Crippen molar-refractivity contribution in [2.75, 3.05) is 13.2 Å². The second-order valence-corrected chi connectivity index (χ2v) is 10.9. The third-order valence-corrected chi connectivity index (χ3v) is 7.01. The second-order valence-electron chi connectivity index (χ2n) is 10.9. The van der Waals surface area contributed by atoms with Crippen LogP contribution in [0.5, 0.6) is 11.5 Å². The fourth-order valence-corrected chi connectivity index (χ4v) is 5.19. The minimum absolute atomic E-state index is 0.0315. The molecule has 0 aromatic heterocycles. The Morgan fingerprint density at radius 3 is 2.36 bits per heavy atom. The van der Waals surface area contributed by atoms with Crippen molar-refractivity contribution in [2.24, 2.45) is 5.92 Å². The van der Waals surface area contributed by atoms with Crippen LogP contribution in [-0.4, -0.2) is 51.1 Å². The number of hydrogen-bond donors (Lipinski definition) is 6. The number of aliphatic hydroxyl groups excluding tert-OH is 2. The van der Waals surface area contributed by atoms with E-state index in [1.165, 1.54) is 50.3 Å². The number of benzene rings is 2. The van der Waals surface area contributed by atoms with E-state index in [0.717, 1.165) is 17.5 Å². The molecule has 36 heavy (non-hydrogen) atoms. The van der Waals surface area contributed by atoms with Crippen molar-refractivity contribution >= 4 is 5.91 Å². The molecule has 1 aliphatic rings. The molecule has 198 valence electrons. The van der Waals surface area contributed by atoms with E-state index in [0.29, 0.717) is 17.9 Å². The van der Waals surface area contributed by atoms with Crippen LogP contribution in [0.15, 0.2) is 42.5 Å². The summed E-state index contributed by atoms with van der Waals surface area (Å²) in [6.45, 7) is 4.30. The molecule has 6 N–H and O–H groups in total. The first kappa shape index (κ1) is 28.0. The van der Waals surface area contributed by atoms with Gasteiger partial charge in [-0.3, -0.25) is 4.79 Å². The van der Waals surface area contributed by atoms with E-state index in [1.54, 1.807) is 0 Å². The zero-order valence-electron chi connectivity index (χ0n) is 21.5. The minimum Gasteiger partial charge on any atom is -0.508 e. The molecule has 0 radical (unpaired) electrons. The van der Waals surface area contributed by atoms with Crippen molar-refractivity contribution < 1.29 is 25.2 Å². The lowest BCUT2D eigenvalue weighted by atomic mass is 9.85. The van der Waals surface area contributed by atoms with Crippen molar-refractivity contribution in [3.8, 4) is 11.5 Å². The van der Waals surface area contributed by atoms with Gasteiger partial charge in [0.2, 0.25) is 5.91 Å². The molecule has 7 nitrogen and oxygen atoms in total. The van der Waals surface area contributed by atoms with Crippen LogP contribution >= 0.6 is 0 Å². The van der Waals surface area contributed by atoms with E-state index < -0.39 is 6.10 Å². The number of rotatable bonds is 12. The molecule has 0 heterocycles. The zero-order valence-corrected chi connectivity index (χ0v) is 21.5. The minimum atomic E-state index is -0.884. The maximum absolute atomic E-state index is 12.7. The SMILES string of the molecule is CC(C)(Cc1cccc(CC(=O)N[C@H](CO)CC2CCCCC2)c1)NCC(O)c1cc(O)cc(O)c1. The lowest BCUT2D eigenvalue weighted by Crippen LogP contribution is -2.43. The standard InChI is InChI=1S/C29H42N2O5/c1-29(2,30-18-27(35)23-14-25(33)16-26(34)15-23)17-22-10-6-9-21(11-22)13-28(36)31-24(19-32)12-20-7-4-3-5-8-20/h6,9-11,14-16,20,24,27,30,32-35H,3-5,7-8,12-13,17-19H2,1-2H3,(H,31,36)/t24-,27?/m0/s1. The quantitative estimate of drug-likeness (QED) is 0.265. The summed E-state index contributed by atoms with van der Waals surface area (Å²) in [5.41, 5.74) is 2.09. The first-order chi connectivity index (χ1) is 17.1. The number of aromatic hydroxyl groups is 2. The molecule has 1 aliphatic carbocycles. The highest BCUT2D eigenvalue weighted by atomic mass is 16.3. The topological polar surface area (TPSA) is 122 Å². The lowest BCUT2D eigenvalue weighted by Gasteiger charge is -2.28.